The molecule has 1 rings (SSSR count). The van der Waals surface area contributed by atoms with Gasteiger partial charge < -0.3 is 19.9 Å². The smallest absolute Gasteiger partial charge is 0.248 e. The molecule has 0 saturated carbocycles. The van der Waals surface area contributed by atoms with Gasteiger partial charge in [-0.15, -0.1) is 0 Å². The van der Waals surface area contributed by atoms with Crippen molar-refractivity contribution in [3.05, 3.63) is 0 Å². The van der Waals surface area contributed by atoms with Crippen LogP contribution in [0.4, 0.5) is 0 Å². The third-order valence-corrected chi connectivity index (χ3v) is 4.07. The SMILES string of the molecule is CCN(CC)CCCN(CC)C(=O)COC1(C)CNC1. The number of hydrogen-bond acceptors (Lipinski definition) is 4. The number of likely N-dealkylation sites (N-methyl/N-ethyl adjacent to an activating group) is 1. The summed E-state index contributed by atoms with van der Waals surface area (Å²) in [5.41, 5.74) is -0.143. The molecular formula is C15H31N3O2. The minimum Gasteiger partial charge on any atom is -0.363 e. The average Bonchev–Trinajstić information content (AvgIpc) is 2.43. The van der Waals surface area contributed by atoms with E-state index in [9.17, 15) is 4.79 Å². The van der Waals surface area contributed by atoms with Crippen LogP contribution in [0.3, 0.4) is 0 Å². The van der Waals surface area contributed by atoms with Crippen molar-refractivity contribution in [2.24, 2.45) is 0 Å². The Kier molecular flexibility index (Phi) is 7.48. The normalized spacial score (nSPS) is 17.1. The van der Waals surface area contributed by atoms with E-state index in [1.54, 1.807) is 0 Å². The second-order valence-corrected chi connectivity index (χ2v) is 5.70. The number of hydrogen-bond donors (Lipinski definition) is 1. The van der Waals surface area contributed by atoms with Crippen molar-refractivity contribution in [1.82, 2.24) is 15.1 Å². The summed E-state index contributed by atoms with van der Waals surface area (Å²) < 4.78 is 5.72. The van der Waals surface area contributed by atoms with Gasteiger partial charge in [-0.1, -0.05) is 13.8 Å². The lowest BCUT2D eigenvalue weighted by atomic mass is 10.0. The van der Waals surface area contributed by atoms with Crippen molar-refractivity contribution in [1.29, 1.82) is 0 Å². The highest BCUT2D eigenvalue weighted by Gasteiger charge is 2.33. The van der Waals surface area contributed by atoms with Gasteiger partial charge in [0.15, 0.2) is 0 Å². The molecule has 0 atom stereocenters. The quantitative estimate of drug-likeness (QED) is 0.649. The average molecular weight is 285 g/mol. The van der Waals surface area contributed by atoms with Crippen LogP contribution in [0.25, 0.3) is 0 Å². The zero-order valence-corrected chi connectivity index (χ0v) is 13.6. The Morgan fingerprint density at radius 3 is 2.25 bits per heavy atom. The van der Waals surface area contributed by atoms with Crippen LogP contribution in [0.2, 0.25) is 0 Å². The number of ether oxygens (including phenoxy) is 1. The molecule has 1 aliphatic rings. The Balaban J connectivity index is 2.24. The minimum absolute atomic E-state index is 0.111. The van der Waals surface area contributed by atoms with E-state index in [-0.39, 0.29) is 18.1 Å². The van der Waals surface area contributed by atoms with Gasteiger partial charge in [0.25, 0.3) is 0 Å². The Hall–Kier alpha value is -0.650. The minimum atomic E-state index is -0.143. The number of rotatable bonds is 10. The Morgan fingerprint density at radius 2 is 1.80 bits per heavy atom. The topological polar surface area (TPSA) is 44.8 Å². The maximum absolute atomic E-state index is 12.1. The van der Waals surface area contributed by atoms with Crippen molar-refractivity contribution in [3.8, 4) is 0 Å². The predicted octanol–water partition coefficient (Wildman–Crippen LogP) is 0.945. The molecule has 1 heterocycles. The lowest BCUT2D eigenvalue weighted by molar-refractivity contribution is -0.145. The summed E-state index contributed by atoms with van der Waals surface area (Å²) in [5, 5.41) is 3.17. The number of nitrogens with zero attached hydrogens (tertiary/aromatic N) is 2. The van der Waals surface area contributed by atoms with Gasteiger partial charge in [-0.3, -0.25) is 4.79 Å². The van der Waals surface area contributed by atoms with E-state index >= 15 is 0 Å². The summed E-state index contributed by atoms with van der Waals surface area (Å²) in [6.45, 7) is 15.1. The van der Waals surface area contributed by atoms with E-state index in [1.165, 1.54) is 0 Å². The molecule has 0 aromatic heterocycles. The largest absolute Gasteiger partial charge is 0.363 e. The zero-order chi connectivity index (χ0) is 15.0. The van der Waals surface area contributed by atoms with E-state index in [4.69, 9.17) is 4.74 Å². The molecule has 118 valence electrons. The fraction of sp³-hybridized carbons (Fsp3) is 0.933. The first-order valence-electron chi connectivity index (χ1n) is 7.89. The van der Waals surface area contributed by atoms with Crippen LogP contribution in [0.15, 0.2) is 0 Å². The lowest BCUT2D eigenvalue weighted by Crippen LogP contribution is -2.59. The van der Waals surface area contributed by atoms with Crippen LogP contribution >= 0.6 is 0 Å². The first-order chi connectivity index (χ1) is 9.54. The Morgan fingerprint density at radius 1 is 1.15 bits per heavy atom. The lowest BCUT2D eigenvalue weighted by Gasteiger charge is -2.39. The summed E-state index contributed by atoms with van der Waals surface area (Å²) in [7, 11) is 0. The zero-order valence-electron chi connectivity index (χ0n) is 13.6. The maximum Gasteiger partial charge on any atom is 0.248 e. The first-order valence-corrected chi connectivity index (χ1v) is 7.89. The van der Waals surface area contributed by atoms with Gasteiger partial charge in [-0.05, 0) is 39.9 Å². The van der Waals surface area contributed by atoms with E-state index in [0.717, 1.165) is 52.2 Å². The molecule has 1 saturated heterocycles. The van der Waals surface area contributed by atoms with Gasteiger partial charge in [0, 0.05) is 26.2 Å². The highest BCUT2D eigenvalue weighted by molar-refractivity contribution is 5.77. The Bertz CT molecular complexity index is 289. The molecule has 0 radical (unpaired) electrons. The highest BCUT2D eigenvalue weighted by Crippen LogP contribution is 2.15. The van der Waals surface area contributed by atoms with Crippen molar-refractivity contribution >= 4 is 5.91 Å². The number of amides is 1. The number of carbonyl (C=O) groups excluding carboxylic acids is 1. The van der Waals surface area contributed by atoms with Crippen LogP contribution in [-0.2, 0) is 9.53 Å². The van der Waals surface area contributed by atoms with E-state index in [0.29, 0.717) is 0 Å². The highest BCUT2D eigenvalue weighted by atomic mass is 16.5. The molecule has 1 N–H and O–H groups in total. The van der Waals surface area contributed by atoms with Gasteiger partial charge in [0.2, 0.25) is 5.91 Å². The summed E-state index contributed by atoms with van der Waals surface area (Å²) in [6, 6.07) is 0. The first kappa shape index (κ1) is 17.4. The molecule has 1 aliphatic heterocycles. The fourth-order valence-corrected chi connectivity index (χ4v) is 2.39. The number of nitrogens with one attached hydrogen (secondary N) is 1. The van der Waals surface area contributed by atoms with Crippen molar-refractivity contribution in [3.63, 3.8) is 0 Å². The van der Waals surface area contributed by atoms with Crippen LogP contribution in [0.1, 0.15) is 34.1 Å². The molecule has 1 fully saturated rings. The molecule has 0 aromatic rings. The van der Waals surface area contributed by atoms with E-state index in [2.05, 4.69) is 24.1 Å². The molecule has 0 bridgehead atoms. The van der Waals surface area contributed by atoms with Crippen LogP contribution < -0.4 is 5.32 Å². The molecule has 5 heteroatoms. The van der Waals surface area contributed by atoms with E-state index in [1.807, 2.05) is 18.7 Å². The van der Waals surface area contributed by atoms with E-state index < -0.39 is 0 Å². The number of carbonyl (C=O) groups is 1. The monoisotopic (exact) mass is 285 g/mol. The second kappa shape index (κ2) is 8.60. The second-order valence-electron chi connectivity index (χ2n) is 5.70. The summed E-state index contributed by atoms with van der Waals surface area (Å²) in [6.07, 6.45) is 1.03. The molecule has 0 spiro atoms. The standard InChI is InChI=1S/C15H31N3O2/c1-5-17(6-2)9-8-10-18(7-3)14(19)11-20-15(4)12-16-13-15/h16H,5-13H2,1-4H3. The van der Waals surface area contributed by atoms with Crippen LogP contribution in [0, 0.1) is 0 Å². The molecule has 1 amide bonds. The summed E-state index contributed by atoms with van der Waals surface area (Å²) in [5.74, 6) is 0.111. The Labute approximate surface area is 123 Å². The van der Waals surface area contributed by atoms with Crippen LogP contribution in [0.5, 0.6) is 0 Å². The third-order valence-electron chi connectivity index (χ3n) is 4.07. The van der Waals surface area contributed by atoms with Gasteiger partial charge in [-0.2, -0.15) is 0 Å². The van der Waals surface area contributed by atoms with Crippen LogP contribution in [-0.4, -0.2) is 73.7 Å². The third kappa shape index (κ3) is 5.38. The van der Waals surface area contributed by atoms with Gasteiger partial charge in [0.1, 0.15) is 6.61 Å². The fourth-order valence-electron chi connectivity index (χ4n) is 2.39. The molecule has 0 aromatic carbocycles. The summed E-state index contributed by atoms with van der Waals surface area (Å²) >= 11 is 0. The maximum atomic E-state index is 12.1. The van der Waals surface area contributed by atoms with Gasteiger partial charge in [-0.25, -0.2) is 0 Å². The van der Waals surface area contributed by atoms with Crippen molar-refractivity contribution < 1.29 is 9.53 Å². The predicted molar refractivity (Wildman–Crippen MR) is 81.9 cm³/mol. The molecule has 20 heavy (non-hydrogen) atoms. The van der Waals surface area contributed by atoms with Gasteiger partial charge in [0.05, 0.1) is 5.60 Å². The van der Waals surface area contributed by atoms with Gasteiger partial charge >= 0.3 is 0 Å². The molecular weight excluding hydrogens is 254 g/mol. The summed E-state index contributed by atoms with van der Waals surface area (Å²) in [4.78, 5) is 16.4. The molecule has 5 nitrogen and oxygen atoms in total. The molecule has 0 unspecified atom stereocenters. The molecule has 0 aliphatic carbocycles. The van der Waals surface area contributed by atoms with Crippen molar-refractivity contribution in [2.45, 2.75) is 39.7 Å². The van der Waals surface area contributed by atoms with Crippen molar-refractivity contribution in [2.75, 3.05) is 52.4 Å².